The molecule has 1 atom stereocenters. The van der Waals surface area contributed by atoms with Gasteiger partial charge in [-0.15, -0.1) is 0 Å². The Hall–Kier alpha value is -2.05. The topological polar surface area (TPSA) is 71.2 Å². The normalized spacial score (nSPS) is 22.7. The van der Waals surface area contributed by atoms with E-state index in [0.29, 0.717) is 13.1 Å². The highest BCUT2D eigenvalue weighted by molar-refractivity contribution is 5.56. The van der Waals surface area contributed by atoms with Crippen LogP contribution in [0.25, 0.3) is 11.3 Å². The highest BCUT2D eigenvalue weighted by atomic mass is 16.3. The number of likely N-dealkylation sites (tertiary alicyclic amines) is 1. The van der Waals surface area contributed by atoms with Gasteiger partial charge in [-0.25, -0.2) is 4.68 Å². The van der Waals surface area contributed by atoms with Crippen molar-refractivity contribution in [3.8, 4) is 11.3 Å². The standard InChI is InChI=1S/C19H24N4O2/c24-18-7-6-17(15-4-1-10-20-12-15)21-23(18)13-16-5-2-11-22(16)14-19(25)8-3-9-19/h1,4,6-7,10,12,16,25H,2-3,5,8-9,11,13-14H2. The Morgan fingerprint density at radius 3 is 2.84 bits per heavy atom. The van der Waals surface area contributed by atoms with Crippen LogP contribution in [-0.4, -0.2) is 49.5 Å². The fourth-order valence-corrected chi connectivity index (χ4v) is 3.88. The number of hydrogen-bond acceptors (Lipinski definition) is 5. The fourth-order valence-electron chi connectivity index (χ4n) is 3.88. The number of β-amino-alcohol motifs (C(OH)–C–C–N with tert-alkyl or cyclic N) is 1. The molecule has 3 heterocycles. The third kappa shape index (κ3) is 3.50. The molecule has 2 fully saturated rings. The first-order valence-corrected chi connectivity index (χ1v) is 9.08. The summed E-state index contributed by atoms with van der Waals surface area (Å²) in [5.41, 5.74) is 1.07. The number of aromatic nitrogens is 3. The summed E-state index contributed by atoms with van der Waals surface area (Å²) in [4.78, 5) is 18.7. The molecule has 0 amide bonds. The van der Waals surface area contributed by atoms with E-state index in [9.17, 15) is 9.90 Å². The van der Waals surface area contributed by atoms with Crippen molar-refractivity contribution >= 4 is 0 Å². The quantitative estimate of drug-likeness (QED) is 0.897. The zero-order chi connectivity index (χ0) is 17.3. The molecule has 1 aliphatic carbocycles. The first-order chi connectivity index (χ1) is 12.1. The number of aliphatic hydroxyl groups is 1. The second-order valence-electron chi connectivity index (χ2n) is 7.33. The zero-order valence-corrected chi connectivity index (χ0v) is 14.3. The van der Waals surface area contributed by atoms with E-state index in [1.54, 1.807) is 29.2 Å². The first-order valence-electron chi connectivity index (χ1n) is 9.08. The molecule has 0 radical (unpaired) electrons. The van der Waals surface area contributed by atoms with Crippen molar-refractivity contribution in [2.45, 2.75) is 50.3 Å². The number of hydrogen-bond donors (Lipinski definition) is 1. The predicted molar refractivity (Wildman–Crippen MR) is 95.1 cm³/mol. The van der Waals surface area contributed by atoms with Crippen LogP contribution in [0.3, 0.4) is 0 Å². The SMILES string of the molecule is O=c1ccc(-c2cccnc2)nn1CC1CCCN1CC1(O)CCC1. The molecule has 6 heteroatoms. The van der Waals surface area contributed by atoms with Crippen molar-refractivity contribution in [3.05, 3.63) is 47.0 Å². The fraction of sp³-hybridized carbons (Fsp3) is 0.526. The summed E-state index contributed by atoms with van der Waals surface area (Å²) in [6.07, 6.45) is 8.53. The molecule has 1 unspecified atom stereocenters. The molecule has 6 nitrogen and oxygen atoms in total. The van der Waals surface area contributed by atoms with Crippen molar-refractivity contribution in [1.29, 1.82) is 0 Å². The molecule has 4 rings (SSSR count). The molecule has 2 aromatic rings. The van der Waals surface area contributed by atoms with Crippen molar-refractivity contribution in [2.75, 3.05) is 13.1 Å². The summed E-state index contributed by atoms with van der Waals surface area (Å²) in [6.45, 7) is 2.28. The van der Waals surface area contributed by atoms with Crippen LogP contribution < -0.4 is 5.56 Å². The molecule has 25 heavy (non-hydrogen) atoms. The van der Waals surface area contributed by atoms with Gasteiger partial charge in [0.15, 0.2) is 0 Å². The molecule has 1 saturated carbocycles. The van der Waals surface area contributed by atoms with Gasteiger partial charge in [-0.3, -0.25) is 14.7 Å². The third-order valence-electron chi connectivity index (χ3n) is 5.49. The van der Waals surface area contributed by atoms with Gasteiger partial charge < -0.3 is 5.11 Å². The van der Waals surface area contributed by atoms with Crippen molar-refractivity contribution < 1.29 is 5.11 Å². The Balaban J connectivity index is 1.52. The Kier molecular flexibility index (Phi) is 4.39. The van der Waals surface area contributed by atoms with Crippen LogP contribution in [-0.2, 0) is 6.54 Å². The van der Waals surface area contributed by atoms with Gasteiger partial charge in [0.2, 0.25) is 0 Å². The van der Waals surface area contributed by atoms with Crippen LogP contribution in [0.4, 0.5) is 0 Å². The van der Waals surface area contributed by atoms with Crippen molar-refractivity contribution in [3.63, 3.8) is 0 Å². The monoisotopic (exact) mass is 340 g/mol. The number of rotatable bonds is 5. The van der Waals surface area contributed by atoms with Crippen molar-refractivity contribution in [1.82, 2.24) is 19.7 Å². The Bertz CT molecular complexity index is 786. The van der Waals surface area contributed by atoms with E-state index in [2.05, 4.69) is 15.0 Å². The molecule has 0 spiro atoms. The molecule has 132 valence electrons. The van der Waals surface area contributed by atoms with Gasteiger partial charge in [0.25, 0.3) is 5.56 Å². The van der Waals surface area contributed by atoms with Gasteiger partial charge in [-0.1, -0.05) is 0 Å². The Morgan fingerprint density at radius 2 is 2.12 bits per heavy atom. The van der Waals surface area contributed by atoms with Gasteiger partial charge in [-0.05, 0) is 56.8 Å². The zero-order valence-electron chi connectivity index (χ0n) is 14.3. The summed E-state index contributed by atoms with van der Waals surface area (Å²) >= 11 is 0. The minimum Gasteiger partial charge on any atom is -0.389 e. The molecule has 2 aliphatic rings. The van der Waals surface area contributed by atoms with Crippen LogP contribution in [0, 0.1) is 0 Å². The summed E-state index contributed by atoms with van der Waals surface area (Å²) < 4.78 is 1.57. The average molecular weight is 340 g/mol. The van der Waals surface area contributed by atoms with E-state index >= 15 is 0 Å². The highest BCUT2D eigenvalue weighted by Gasteiger charge is 2.39. The maximum atomic E-state index is 12.3. The largest absolute Gasteiger partial charge is 0.389 e. The number of pyridine rings is 1. The van der Waals surface area contributed by atoms with Gasteiger partial charge >= 0.3 is 0 Å². The van der Waals surface area contributed by atoms with Crippen LogP contribution in [0.5, 0.6) is 0 Å². The molecule has 1 aliphatic heterocycles. The van der Waals surface area contributed by atoms with E-state index < -0.39 is 5.60 Å². The molecule has 1 N–H and O–H groups in total. The lowest BCUT2D eigenvalue weighted by Gasteiger charge is -2.41. The smallest absolute Gasteiger partial charge is 0.266 e. The summed E-state index contributed by atoms with van der Waals surface area (Å²) in [5, 5.41) is 15.0. The van der Waals surface area contributed by atoms with E-state index in [-0.39, 0.29) is 11.6 Å². The summed E-state index contributed by atoms with van der Waals surface area (Å²) in [5.74, 6) is 0. The molecule has 0 bridgehead atoms. The summed E-state index contributed by atoms with van der Waals surface area (Å²) in [6, 6.07) is 7.40. The third-order valence-corrected chi connectivity index (χ3v) is 5.49. The van der Waals surface area contributed by atoms with E-state index in [0.717, 1.165) is 49.9 Å². The highest BCUT2D eigenvalue weighted by Crippen LogP contribution is 2.34. The average Bonchev–Trinajstić information content (AvgIpc) is 3.03. The minimum absolute atomic E-state index is 0.0816. The molecule has 1 saturated heterocycles. The lowest BCUT2D eigenvalue weighted by molar-refractivity contribution is -0.0621. The van der Waals surface area contributed by atoms with Gasteiger partial charge in [0.05, 0.1) is 17.8 Å². The van der Waals surface area contributed by atoms with Crippen LogP contribution in [0.15, 0.2) is 41.5 Å². The lowest BCUT2D eigenvalue weighted by Crippen LogP contribution is -2.50. The van der Waals surface area contributed by atoms with E-state index in [1.165, 1.54) is 0 Å². The van der Waals surface area contributed by atoms with Crippen LogP contribution in [0.2, 0.25) is 0 Å². The van der Waals surface area contributed by atoms with Crippen LogP contribution in [0.1, 0.15) is 32.1 Å². The van der Waals surface area contributed by atoms with Gasteiger partial charge in [-0.2, -0.15) is 5.10 Å². The Morgan fingerprint density at radius 1 is 1.24 bits per heavy atom. The molecular formula is C19H24N4O2. The van der Waals surface area contributed by atoms with E-state index in [1.807, 2.05) is 12.1 Å². The van der Waals surface area contributed by atoms with Gasteiger partial charge in [0, 0.05) is 36.6 Å². The number of nitrogens with zero attached hydrogens (tertiary/aromatic N) is 4. The molecular weight excluding hydrogens is 316 g/mol. The van der Waals surface area contributed by atoms with Crippen LogP contribution >= 0.6 is 0 Å². The maximum Gasteiger partial charge on any atom is 0.266 e. The molecule has 2 aromatic heterocycles. The second-order valence-corrected chi connectivity index (χ2v) is 7.33. The van der Waals surface area contributed by atoms with Crippen molar-refractivity contribution in [2.24, 2.45) is 0 Å². The first kappa shape index (κ1) is 16.4. The van der Waals surface area contributed by atoms with Gasteiger partial charge in [0.1, 0.15) is 0 Å². The predicted octanol–water partition coefficient (Wildman–Crippen LogP) is 1.68. The van der Waals surface area contributed by atoms with E-state index in [4.69, 9.17) is 0 Å². The maximum absolute atomic E-state index is 12.3. The second kappa shape index (κ2) is 6.69. The Labute approximate surface area is 147 Å². The minimum atomic E-state index is -0.515. The lowest BCUT2D eigenvalue weighted by atomic mass is 9.80. The summed E-state index contributed by atoms with van der Waals surface area (Å²) in [7, 11) is 0. The molecule has 0 aromatic carbocycles.